The van der Waals surface area contributed by atoms with E-state index in [1.807, 2.05) is 0 Å². The predicted molar refractivity (Wildman–Crippen MR) is 96.0 cm³/mol. The minimum atomic E-state index is -3.12. The van der Waals surface area contributed by atoms with Crippen LogP contribution in [0.2, 0.25) is 0 Å². The number of amides is 2. The van der Waals surface area contributed by atoms with Crippen LogP contribution in [0.4, 0.5) is 18.9 Å². The molecule has 0 fully saturated rings. The third-order valence-corrected chi connectivity index (χ3v) is 3.53. The van der Waals surface area contributed by atoms with Crippen molar-refractivity contribution in [1.82, 2.24) is 5.32 Å². The normalized spacial score (nSPS) is 11.5. The van der Waals surface area contributed by atoms with Crippen molar-refractivity contribution in [2.75, 3.05) is 11.9 Å². The molecular weight excluding hydrogens is 393 g/mol. The number of para-hydroxylation sites is 1. The highest BCUT2D eigenvalue weighted by Crippen LogP contribution is 2.20. The Morgan fingerprint density at radius 3 is 2.34 bits per heavy atom. The van der Waals surface area contributed by atoms with Gasteiger partial charge in [-0.25, -0.2) is 4.39 Å². The highest BCUT2D eigenvalue weighted by molar-refractivity contribution is 5.99. The molecule has 0 spiro atoms. The van der Waals surface area contributed by atoms with Gasteiger partial charge in [-0.1, -0.05) is 12.1 Å². The van der Waals surface area contributed by atoms with Crippen LogP contribution in [-0.4, -0.2) is 37.0 Å². The van der Waals surface area contributed by atoms with Crippen LogP contribution < -0.4 is 15.4 Å². The van der Waals surface area contributed by atoms with Gasteiger partial charge in [0.1, 0.15) is 18.1 Å². The zero-order valence-corrected chi connectivity index (χ0v) is 15.2. The summed E-state index contributed by atoms with van der Waals surface area (Å²) in [6.45, 7) is -2.41. The summed E-state index contributed by atoms with van der Waals surface area (Å²) in [7, 11) is 0. The summed E-state index contributed by atoms with van der Waals surface area (Å²) in [5.74, 6) is -3.24. The van der Waals surface area contributed by atoms with Crippen molar-refractivity contribution in [1.29, 1.82) is 0 Å². The number of benzene rings is 2. The first-order valence-electron chi connectivity index (χ1n) is 8.34. The molecule has 0 saturated heterocycles. The van der Waals surface area contributed by atoms with Gasteiger partial charge in [0, 0.05) is 5.69 Å². The number of hydrogen-bond acceptors (Lipinski definition) is 5. The molecule has 0 heterocycles. The van der Waals surface area contributed by atoms with E-state index < -0.39 is 42.9 Å². The molecule has 154 valence electrons. The van der Waals surface area contributed by atoms with Gasteiger partial charge in [-0.2, -0.15) is 8.78 Å². The van der Waals surface area contributed by atoms with E-state index in [1.165, 1.54) is 43.3 Å². The van der Waals surface area contributed by atoms with E-state index in [0.29, 0.717) is 5.69 Å². The summed E-state index contributed by atoms with van der Waals surface area (Å²) in [4.78, 5) is 35.9. The molecule has 2 amide bonds. The first-order valence-corrected chi connectivity index (χ1v) is 8.34. The highest BCUT2D eigenvalue weighted by atomic mass is 19.3. The van der Waals surface area contributed by atoms with Crippen molar-refractivity contribution >= 4 is 23.5 Å². The molecule has 2 rings (SSSR count). The van der Waals surface area contributed by atoms with Gasteiger partial charge in [0.2, 0.25) is 0 Å². The average molecular weight is 410 g/mol. The summed E-state index contributed by atoms with van der Waals surface area (Å²) in [5, 5.41) is 4.63. The summed E-state index contributed by atoms with van der Waals surface area (Å²) < 4.78 is 46.8. The van der Waals surface area contributed by atoms with E-state index in [2.05, 4.69) is 15.4 Å². The number of esters is 1. The number of rotatable bonds is 8. The van der Waals surface area contributed by atoms with Crippen LogP contribution in [0.3, 0.4) is 0 Å². The molecule has 2 aromatic rings. The Morgan fingerprint density at radius 1 is 1.03 bits per heavy atom. The van der Waals surface area contributed by atoms with Gasteiger partial charge in [0.05, 0.1) is 5.56 Å². The first kappa shape index (κ1) is 21.7. The third-order valence-electron chi connectivity index (χ3n) is 3.53. The van der Waals surface area contributed by atoms with Gasteiger partial charge in [-0.05, 0) is 43.3 Å². The van der Waals surface area contributed by atoms with Gasteiger partial charge >= 0.3 is 12.6 Å². The monoisotopic (exact) mass is 410 g/mol. The maximum Gasteiger partial charge on any atom is 0.387 e. The SMILES string of the molecule is C[C@@H](OC(=O)CNC(=O)c1ccccc1OC(F)F)C(=O)Nc1ccc(F)cc1. The summed E-state index contributed by atoms with van der Waals surface area (Å²) in [5.41, 5.74) is 0.117. The van der Waals surface area contributed by atoms with Crippen LogP contribution in [-0.2, 0) is 14.3 Å². The third kappa shape index (κ3) is 6.83. The molecule has 0 aromatic heterocycles. The number of alkyl halides is 2. The zero-order chi connectivity index (χ0) is 21.4. The van der Waals surface area contributed by atoms with Crippen LogP contribution in [0.1, 0.15) is 17.3 Å². The number of carbonyl (C=O) groups is 3. The van der Waals surface area contributed by atoms with Crippen molar-refractivity contribution in [3.8, 4) is 5.75 Å². The fourth-order valence-electron chi connectivity index (χ4n) is 2.17. The van der Waals surface area contributed by atoms with Gasteiger partial charge in [-0.15, -0.1) is 0 Å². The maximum atomic E-state index is 12.9. The van der Waals surface area contributed by atoms with Crippen molar-refractivity contribution in [2.45, 2.75) is 19.6 Å². The molecule has 0 saturated carbocycles. The fourth-order valence-corrected chi connectivity index (χ4v) is 2.17. The van der Waals surface area contributed by atoms with Gasteiger partial charge < -0.3 is 20.1 Å². The van der Waals surface area contributed by atoms with Crippen LogP contribution >= 0.6 is 0 Å². The lowest BCUT2D eigenvalue weighted by molar-refractivity contribution is -0.152. The quantitative estimate of drug-likeness (QED) is 0.653. The van der Waals surface area contributed by atoms with Gasteiger partial charge in [0.15, 0.2) is 6.10 Å². The second-order valence-electron chi connectivity index (χ2n) is 5.69. The minimum absolute atomic E-state index is 0.192. The number of carbonyl (C=O) groups excluding carboxylic acids is 3. The maximum absolute atomic E-state index is 12.9. The number of ether oxygens (including phenoxy) is 2. The van der Waals surface area contributed by atoms with Gasteiger partial charge in [-0.3, -0.25) is 14.4 Å². The molecule has 0 unspecified atom stereocenters. The highest BCUT2D eigenvalue weighted by Gasteiger charge is 2.20. The van der Waals surface area contributed by atoms with Crippen LogP contribution in [0, 0.1) is 5.82 Å². The smallest absolute Gasteiger partial charge is 0.387 e. The largest absolute Gasteiger partial charge is 0.451 e. The van der Waals surface area contributed by atoms with Crippen molar-refractivity contribution in [3.63, 3.8) is 0 Å². The lowest BCUT2D eigenvalue weighted by Crippen LogP contribution is -2.36. The van der Waals surface area contributed by atoms with Crippen molar-refractivity contribution in [3.05, 3.63) is 59.9 Å². The zero-order valence-electron chi connectivity index (χ0n) is 15.2. The van der Waals surface area contributed by atoms with Crippen LogP contribution in [0.5, 0.6) is 5.75 Å². The summed E-state index contributed by atoms with van der Waals surface area (Å²) in [6, 6.07) is 10.2. The average Bonchev–Trinajstić information content (AvgIpc) is 2.67. The molecule has 0 bridgehead atoms. The fraction of sp³-hybridized carbons (Fsp3) is 0.211. The van der Waals surface area contributed by atoms with E-state index in [4.69, 9.17) is 4.74 Å². The molecular formula is C19H17F3N2O5. The minimum Gasteiger partial charge on any atom is -0.451 e. The number of nitrogens with one attached hydrogen (secondary N) is 2. The molecule has 29 heavy (non-hydrogen) atoms. The van der Waals surface area contributed by atoms with Crippen molar-refractivity contribution in [2.24, 2.45) is 0 Å². The Kier molecular flexibility index (Phi) is 7.58. The molecule has 2 aromatic carbocycles. The summed E-state index contributed by atoms with van der Waals surface area (Å²) >= 11 is 0. The number of anilines is 1. The molecule has 0 aliphatic rings. The predicted octanol–water partition coefficient (Wildman–Crippen LogP) is 2.73. The van der Waals surface area contributed by atoms with E-state index in [0.717, 1.165) is 12.1 Å². The molecule has 10 heteroatoms. The molecule has 0 aliphatic heterocycles. The Morgan fingerprint density at radius 2 is 1.69 bits per heavy atom. The standard InChI is InChI=1S/C19H17F3N2O5/c1-11(17(26)24-13-8-6-12(20)7-9-13)28-16(25)10-23-18(27)14-4-2-3-5-15(14)29-19(21)22/h2-9,11,19H,10H2,1H3,(H,23,27)(H,24,26)/t11-/m1/s1. The molecule has 0 radical (unpaired) electrons. The molecule has 0 aliphatic carbocycles. The van der Waals surface area contributed by atoms with E-state index in [1.54, 1.807) is 0 Å². The first-order chi connectivity index (χ1) is 13.8. The molecule has 2 N–H and O–H groups in total. The molecule has 7 nitrogen and oxygen atoms in total. The van der Waals surface area contributed by atoms with E-state index >= 15 is 0 Å². The van der Waals surface area contributed by atoms with Crippen LogP contribution in [0.25, 0.3) is 0 Å². The Hall–Kier alpha value is -3.56. The van der Waals surface area contributed by atoms with Crippen LogP contribution in [0.15, 0.2) is 48.5 Å². The second-order valence-corrected chi connectivity index (χ2v) is 5.69. The number of halogens is 3. The number of hydrogen-bond donors (Lipinski definition) is 2. The summed E-state index contributed by atoms with van der Waals surface area (Å²) in [6.07, 6.45) is -1.20. The second kappa shape index (κ2) is 10.1. The Labute approximate surface area is 163 Å². The topological polar surface area (TPSA) is 93.7 Å². The van der Waals surface area contributed by atoms with Gasteiger partial charge in [0.25, 0.3) is 11.8 Å². The lowest BCUT2D eigenvalue weighted by Gasteiger charge is -2.14. The van der Waals surface area contributed by atoms with Crippen molar-refractivity contribution < 1.29 is 37.0 Å². The Balaban J connectivity index is 1.85. The molecule has 1 atom stereocenters. The Bertz CT molecular complexity index is 874. The lowest BCUT2D eigenvalue weighted by atomic mass is 10.2. The van der Waals surface area contributed by atoms with E-state index in [9.17, 15) is 27.6 Å². The van der Waals surface area contributed by atoms with E-state index in [-0.39, 0.29) is 11.3 Å².